The molecule has 2 rings (SSSR count). The van der Waals surface area contributed by atoms with E-state index in [9.17, 15) is 0 Å². The highest BCUT2D eigenvalue weighted by Crippen LogP contribution is 2.20. The van der Waals surface area contributed by atoms with Crippen LogP contribution in [0.1, 0.15) is 5.56 Å². The maximum atomic E-state index is 4.11. The zero-order valence-electron chi connectivity index (χ0n) is 5.46. The Bertz CT molecular complexity index is 353. The summed E-state index contributed by atoms with van der Waals surface area (Å²) in [6.45, 7) is 2.04. The van der Waals surface area contributed by atoms with Crippen LogP contribution in [0, 0.1) is 13.1 Å². The van der Waals surface area contributed by atoms with E-state index in [0.717, 1.165) is 10.2 Å². The van der Waals surface area contributed by atoms with Crippen molar-refractivity contribution >= 4 is 21.6 Å². The van der Waals surface area contributed by atoms with Gasteiger partial charge in [0.15, 0.2) is 0 Å². The number of hydrogen-bond donors (Lipinski definition) is 0. The summed E-state index contributed by atoms with van der Waals surface area (Å²) in [5.74, 6) is 0. The van der Waals surface area contributed by atoms with Crippen molar-refractivity contribution in [2.24, 2.45) is 0 Å². The van der Waals surface area contributed by atoms with Crippen molar-refractivity contribution in [1.82, 2.24) is 9.97 Å². The van der Waals surface area contributed by atoms with Crippen LogP contribution in [-0.4, -0.2) is 9.97 Å². The second-order valence-corrected chi connectivity index (χ2v) is 2.96. The Morgan fingerprint density at radius 2 is 2.50 bits per heavy atom. The molecule has 10 heavy (non-hydrogen) atoms. The van der Waals surface area contributed by atoms with Crippen molar-refractivity contribution in [3.05, 3.63) is 23.5 Å². The molecule has 1 radical (unpaired) electrons. The van der Waals surface area contributed by atoms with E-state index in [0.29, 0.717) is 0 Å². The van der Waals surface area contributed by atoms with E-state index in [4.69, 9.17) is 0 Å². The van der Waals surface area contributed by atoms with Gasteiger partial charge in [-0.15, -0.1) is 11.3 Å². The molecule has 0 spiro atoms. The van der Waals surface area contributed by atoms with Crippen LogP contribution in [0.3, 0.4) is 0 Å². The van der Waals surface area contributed by atoms with Crippen LogP contribution in [0.15, 0.2) is 11.7 Å². The Hall–Kier alpha value is -0.960. The first kappa shape index (κ1) is 5.80. The van der Waals surface area contributed by atoms with Gasteiger partial charge in [0.25, 0.3) is 0 Å². The third-order valence-corrected chi connectivity index (χ3v) is 2.34. The minimum Gasteiger partial charge on any atom is -0.235 e. The molecule has 49 valence electrons. The Balaban J connectivity index is 2.93. The van der Waals surface area contributed by atoms with E-state index < -0.39 is 0 Å². The molecule has 3 heteroatoms. The average Bonchev–Trinajstić information content (AvgIpc) is 2.34. The van der Waals surface area contributed by atoms with Gasteiger partial charge in [0.2, 0.25) is 0 Å². The molecule has 0 saturated carbocycles. The van der Waals surface area contributed by atoms with Gasteiger partial charge in [-0.05, 0) is 17.9 Å². The lowest BCUT2D eigenvalue weighted by molar-refractivity contribution is 1.21. The summed E-state index contributed by atoms with van der Waals surface area (Å²) in [4.78, 5) is 7.91. The van der Waals surface area contributed by atoms with Gasteiger partial charge in [-0.3, -0.25) is 0 Å². The molecule has 0 aliphatic heterocycles. The van der Waals surface area contributed by atoms with Crippen molar-refractivity contribution in [1.29, 1.82) is 0 Å². The van der Waals surface area contributed by atoms with Gasteiger partial charge >= 0.3 is 0 Å². The smallest absolute Gasteiger partial charge is 0.116 e. The molecule has 2 nitrogen and oxygen atoms in total. The molecule has 0 aromatic carbocycles. The van der Waals surface area contributed by atoms with E-state index in [1.165, 1.54) is 11.9 Å². The third-order valence-electron chi connectivity index (χ3n) is 1.35. The highest BCUT2D eigenvalue weighted by molar-refractivity contribution is 7.17. The van der Waals surface area contributed by atoms with E-state index in [-0.39, 0.29) is 0 Å². The van der Waals surface area contributed by atoms with Gasteiger partial charge in [-0.2, -0.15) is 0 Å². The van der Waals surface area contributed by atoms with E-state index in [2.05, 4.69) is 21.5 Å². The maximum Gasteiger partial charge on any atom is 0.116 e. The molecule has 0 fully saturated rings. The predicted octanol–water partition coefficient (Wildman–Crippen LogP) is 1.80. The lowest BCUT2D eigenvalue weighted by atomic mass is 10.3. The Morgan fingerprint density at radius 1 is 1.60 bits per heavy atom. The highest BCUT2D eigenvalue weighted by atomic mass is 32.1. The molecule has 0 bridgehead atoms. The Kier molecular flexibility index (Phi) is 1.17. The summed E-state index contributed by atoms with van der Waals surface area (Å²) in [5, 5.41) is 2.07. The van der Waals surface area contributed by atoms with Crippen molar-refractivity contribution in [3.63, 3.8) is 0 Å². The summed E-state index contributed by atoms with van der Waals surface area (Å²) in [6.07, 6.45) is 4.41. The molecular weight excluding hydrogens is 144 g/mol. The number of nitrogens with zero attached hydrogens (tertiary/aromatic N) is 2. The number of thiophene rings is 1. The molecule has 0 saturated heterocycles. The monoisotopic (exact) mass is 149 g/mol. The number of fused-ring (bicyclic) bond motifs is 1. The molecule has 0 amide bonds. The number of aromatic nitrogens is 2. The molecule has 0 aliphatic rings. The predicted molar refractivity (Wildman–Crippen MR) is 41.0 cm³/mol. The van der Waals surface area contributed by atoms with Crippen molar-refractivity contribution in [2.45, 2.75) is 6.92 Å². The minimum atomic E-state index is 1.03. The molecular formula is C7H5N2S. The SMILES string of the molecule is Cc1csc2[c]ncnc12. The Labute approximate surface area is 62.6 Å². The zero-order chi connectivity index (χ0) is 6.97. The largest absolute Gasteiger partial charge is 0.235 e. The standard InChI is InChI=1S/C7H5N2S/c1-5-3-10-6-2-8-4-9-7(5)6/h3-4H,1H3. The second kappa shape index (κ2) is 2.02. The average molecular weight is 149 g/mol. The topological polar surface area (TPSA) is 25.8 Å². The first-order valence-electron chi connectivity index (χ1n) is 2.94. The van der Waals surface area contributed by atoms with Crippen molar-refractivity contribution in [3.8, 4) is 0 Å². The quantitative estimate of drug-likeness (QED) is 0.570. The fraction of sp³-hybridized carbons (Fsp3) is 0.143. The lowest BCUT2D eigenvalue weighted by Gasteiger charge is -1.84. The van der Waals surface area contributed by atoms with Crippen LogP contribution >= 0.6 is 11.3 Å². The van der Waals surface area contributed by atoms with Crippen LogP contribution < -0.4 is 0 Å². The third kappa shape index (κ3) is 0.708. The van der Waals surface area contributed by atoms with Crippen molar-refractivity contribution in [2.75, 3.05) is 0 Å². The fourth-order valence-electron chi connectivity index (χ4n) is 0.852. The number of aryl methyl sites for hydroxylation is 1. The number of rotatable bonds is 0. The second-order valence-electron chi connectivity index (χ2n) is 2.08. The number of hydrogen-bond acceptors (Lipinski definition) is 3. The normalized spacial score (nSPS) is 10.5. The van der Waals surface area contributed by atoms with Gasteiger partial charge in [0.1, 0.15) is 12.5 Å². The van der Waals surface area contributed by atoms with Crippen molar-refractivity contribution < 1.29 is 0 Å². The van der Waals surface area contributed by atoms with Crippen LogP contribution in [0.4, 0.5) is 0 Å². The summed E-state index contributed by atoms with van der Waals surface area (Å²) in [6, 6.07) is 0. The molecule has 0 atom stereocenters. The molecule has 0 unspecified atom stereocenters. The van der Waals surface area contributed by atoms with Gasteiger partial charge in [-0.25, -0.2) is 9.97 Å². The molecule has 2 aromatic rings. The van der Waals surface area contributed by atoms with Crippen LogP contribution in [0.2, 0.25) is 0 Å². The first-order valence-corrected chi connectivity index (χ1v) is 3.82. The summed E-state index contributed by atoms with van der Waals surface area (Å²) in [5.41, 5.74) is 2.23. The van der Waals surface area contributed by atoms with Crippen LogP contribution in [0.5, 0.6) is 0 Å². The van der Waals surface area contributed by atoms with E-state index >= 15 is 0 Å². The highest BCUT2D eigenvalue weighted by Gasteiger charge is 1.98. The van der Waals surface area contributed by atoms with Gasteiger partial charge in [0.05, 0.1) is 10.2 Å². The van der Waals surface area contributed by atoms with Crippen LogP contribution in [0.25, 0.3) is 10.2 Å². The molecule has 0 aliphatic carbocycles. The Morgan fingerprint density at radius 3 is 3.30 bits per heavy atom. The molecule has 2 aromatic heterocycles. The maximum absolute atomic E-state index is 4.11. The summed E-state index contributed by atoms with van der Waals surface area (Å²) >= 11 is 1.63. The van der Waals surface area contributed by atoms with Crippen LogP contribution in [-0.2, 0) is 0 Å². The van der Waals surface area contributed by atoms with Gasteiger partial charge in [0, 0.05) is 0 Å². The zero-order valence-corrected chi connectivity index (χ0v) is 6.27. The summed E-state index contributed by atoms with van der Waals surface area (Å²) < 4.78 is 1.04. The lowest BCUT2D eigenvalue weighted by Crippen LogP contribution is -1.76. The van der Waals surface area contributed by atoms with Gasteiger partial charge < -0.3 is 0 Å². The van der Waals surface area contributed by atoms with Gasteiger partial charge in [-0.1, -0.05) is 0 Å². The minimum absolute atomic E-state index is 1.03. The van der Waals surface area contributed by atoms with E-state index in [1.54, 1.807) is 11.3 Å². The van der Waals surface area contributed by atoms with E-state index in [1.807, 2.05) is 6.92 Å². The molecule has 0 N–H and O–H groups in total. The molecule has 2 heterocycles. The fourth-order valence-corrected chi connectivity index (χ4v) is 1.69. The summed E-state index contributed by atoms with van der Waals surface area (Å²) in [7, 11) is 0. The first-order chi connectivity index (χ1) is 4.88.